The van der Waals surface area contributed by atoms with E-state index in [0.29, 0.717) is 25.9 Å². The van der Waals surface area contributed by atoms with Gasteiger partial charge in [-0.3, -0.25) is 9.59 Å². The van der Waals surface area contributed by atoms with Gasteiger partial charge in [0.15, 0.2) is 0 Å². The molecule has 0 aromatic rings. The van der Waals surface area contributed by atoms with Crippen LogP contribution in [0.15, 0.2) is 24.3 Å². The molecule has 0 aliphatic rings. The highest BCUT2D eigenvalue weighted by atomic mass is 16.5. The summed E-state index contributed by atoms with van der Waals surface area (Å²) >= 11 is 0. The molecule has 6 nitrogen and oxygen atoms in total. The smallest absolute Gasteiger partial charge is 0.305 e. The number of aliphatic hydroxyl groups is 2. The number of esters is 1. The second-order valence-electron chi connectivity index (χ2n) is 23.2. The first kappa shape index (κ1) is 72.3. The molecule has 0 saturated carbocycles. The Bertz CT molecular complexity index is 1150. The van der Waals surface area contributed by atoms with Crippen molar-refractivity contribution in [2.45, 2.75) is 386 Å². The van der Waals surface area contributed by atoms with Crippen LogP contribution in [0.2, 0.25) is 0 Å². The zero-order chi connectivity index (χ0) is 53.6. The summed E-state index contributed by atoms with van der Waals surface area (Å²) in [6, 6.07) is -0.540. The lowest BCUT2D eigenvalue weighted by Crippen LogP contribution is -2.45. The molecule has 0 rings (SSSR count). The first-order valence-electron chi connectivity index (χ1n) is 33.6. The van der Waals surface area contributed by atoms with Crippen LogP contribution in [0.1, 0.15) is 373 Å². The maximum absolute atomic E-state index is 12.5. The maximum Gasteiger partial charge on any atom is 0.305 e. The molecule has 0 unspecified atom stereocenters. The Hall–Kier alpha value is -1.66. The molecular formula is C68H131NO5. The van der Waals surface area contributed by atoms with E-state index in [1.165, 1.54) is 289 Å². The van der Waals surface area contributed by atoms with Gasteiger partial charge in [0.1, 0.15) is 0 Å². The van der Waals surface area contributed by atoms with Crippen LogP contribution in [0, 0.1) is 0 Å². The summed E-state index contributed by atoms with van der Waals surface area (Å²) in [4.78, 5) is 24.6. The normalized spacial score (nSPS) is 12.6. The Morgan fingerprint density at radius 3 is 1.05 bits per heavy atom. The molecule has 0 aromatic carbocycles. The lowest BCUT2D eigenvalue weighted by Gasteiger charge is -2.22. The van der Waals surface area contributed by atoms with Crippen LogP contribution in [-0.2, 0) is 14.3 Å². The summed E-state index contributed by atoms with van der Waals surface area (Å²) in [5.74, 6) is -0.0271. The van der Waals surface area contributed by atoms with E-state index in [2.05, 4.69) is 43.5 Å². The molecule has 0 bridgehead atoms. The third-order valence-corrected chi connectivity index (χ3v) is 15.8. The van der Waals surface area contributed by atoms with Crippen LogP contribution in [0.25, 0.3) is 0 Å². The van der Waals surface area contributed by atoms with Gasteiger partial charge >= 0.3 is 5.97 Å². The maximum atomic E-state index is 12.5. The zero-order valence-electron chi connectivity index (χ0n) is 50.1. The first-order valence-corrected chi connectivity index (χ1v) is 33.6. The van der Waals surface area contributed by atoms with Crippen molar-refractivity contribution in [1.82, 2.24) is 5.32 Å². The van der Waals surface area contributed by atoms with Gasteiger partial charge in [0.2, 0.25) is 5.91 Å². The molecule has 0 heterocycles. The molecule has 0 fully saturated rings. The zero-order valence-corrected chi connectivity index (χ0v) is 50.1. The number of carbonyl (C=O) groups is 2. The van der Waals surface area contributed by atoms with Crippen molar-refractivity contribution >= 4 is 11.9 Å². The minimum absolute atomic E-state index is 0.00299. The molecule has 0 spiro atoms. The number of nitrogens with one attached hydrogen (secondary N) is 1. The van der Waals surface area contributed by atoms with Gasteiger partial charge < -0.3 is 20.3 Å². The third kappa shape index (κ3) is 59.6. The number of rotatable bonds is 63. The summed E-state index contributed by atoms with van der Waals surface area (Å²) in [6.07, 6.45) is 79.2. The Morgan fingerprint density at radius 1 is 0.378 bits per heavy atom. The molecule has 2 atom stereocenters. The summed E-state index contributed by atoms with van der Waals surface area (Å²) < 4.78 is 5.48. The number of carbonyl (C=O) groups excluding carboxylic acids is 2. The molecule has 0 aliphatic carbocycles. The van der Waals surface area contributed by atoms with Crippen LogP contribution in [0.4, 0.5) is 0 Å². The van der Waals surface area contributed by atoms with E-state index in [-0.39, 0.29) is 18.5 Å². The van der Waals surface area contributed by atoms with Gasteiger partial charge in [-0.25, -0.2) is 0 Å². The van der Waals surface area contributed by atoms with E-state index >= 15 is 0 Å². The largest absolute Gasteiger partial charge is 0.466 e. The first-order chi connectivity index (χ1) is 36.5. The van der Waals surface area contributed by atoms with Crippen molar-refractivity contribution in [3.8, 4) is 0 Å². The molecular weight excluding hydrogens is 911 g/mol. The Morgan fingerprint density at radius 2 is 0.676 bits per heavy atom. The lowest BCUT2D eigenvalue weighted by molar-refractivity contribution is -0.143. The number of allylic oxidation sites excluding steroid dienone is 4. The van der Waals surface area contributed by atoms with Crippen LogP contribution < -0.4 is 5.32 Å². The van der Waals surface area contributed by atoms with Crippen molar-refractivity contribution in [2.75, 3.05) is 13.2 Å². The predicted molar refractivity (Wildman–Crippen MR) is 324 cm³/mol. The molecule has 1 amide bonds. The van der Waals surface area contributed by atoms with E-state index < -0.39 is 12.1 Å². The topological polar surface area (TPSA) is 95.9 Å². The highest BCUT2D eigenvalue weighted by Gasteiger charge is 2.20. The fraction of sp³-hybridized carbons (Fsp3) is 0.912. The van der Waals surface area contributed by atoms with Gasteiger partial charge in [-0.2, -0.15) is 0 Å². The molecule has 0 radical (unpaired) electrons. The van der Waals surface area contributed by atoms with Crippen molar-refractivity contribution in [2.24, 2.45) is 0 Å². The predicted octanol–water partition coefficient (Wildman–Crippen LogP) is 21.4. The Labute approximate surface area is 462 Å². The number of hydrogen-bond donors (Lipinski definition) is 3. The molecule has 0 saturated heterocycles. The van der Waals surface area contributed by atoms with Crippen LogP contribution >= 0.6 is 0 Å². The van der Waals surface area contributed by atoms with E-state index in [9.17, 15) is 19.8 Å². The van der Waals surface area contributed by atoms with Crippen molar-refractivity contribution < 1.29 is 24.5 Å². The summed E-state index contributed by atoms with van der Waals surface area (Å²) in [6.45, 7) is 4.95. The van der Waals surface area contributed by atoms with Gasteiger partial charge in [0.05, 0.1) is 25.4 Å². The highest BCUT2D eigenvalue weighted by Crippen LogP contribution is 2.19. The summed E-state index contributed by atoms with van der Waals surface area (Å²) in [5, 5.41) is 23.4. The van der Waals surface area contributed by atoms with E-state index in [1.807, 2.05) is 0 Å². The standard InChI is InChI=1S/C68H131NO5/c1-3-5-7-9-11-13-15-17-19-29-33-36-40-44-48-52-56-60-66(71)65(64-70)69-67(72)61-57-53-49-45-41-37-34-30-27-25-23-21-20-22-24-26-28-31-35-39-43-47-51-55-59-63-74-68(73)62-58-54-50-46-42-38-32-18-16-14-12-10-8-6-4-2/h12,14,18,32,65-66,70-71H,3-11,13,15-17,19-31,33-64H2,1-2H3,(H,69,72)/b14-12-,32-18-/t65-,66+/m0/s1. The number of hydrogen-bond acceptors (Lipinski definition) is 5. The fourth-order valence-electron chi connectivity index (χ4n) is 10.6. The van der Waals surface area contributed by atoms with Gasteiger partial charge in [0, 0.05) is 12.8 Å². The second kappa shape index (κ2) is 63.9. The summed E-state index contributed by atoms with van der Waals surface area (Å²) in [7, 11) is 0. The van der Waals surface area contributed by atoms with E-state index in [4.69, 9.17) is 4.74 Å². The van der Waals surface area contributed by atoms with Crippen LogP contribution in [0.5, 0.6) is 0 Å². The number of unbranched alkanes of at least 4 members (excludes halogenated alkanes) is 48. The SMILES string of the molecule is CCCCC/C=C\C/C=C\CCCCCCCC(=O)OCCCCCCCCCCCCCCCCCCCCCCCCCCCC(=O)N[C@@H](CO)[C@H](O)CCCCCCCCCCCCCCCCCCC. The fourth-order valence-corrected chi connectivity index (χ4v) is 10.6. The van der Waals surface area contributed by atoms with Gasteiger partial charge in [-0.05, 0) is 57.8 Å². The minimum Gasteiger partial charge on any atom is -0.466 e. The van der Waals surface area contributed by atoms with Crippen molar-refractivity contribution in [3.05, 3.63) is 24.3 Å². The minimum atomic E-state index is -0.663. The molecule has 0 aliphatic heterocycles. The molecule has 6 heteroatoms. The average molecular weight is 1040 g/mol. The lowest BCUT2D eigenvalue weighted by atomic mass is 10.0. The number of ether oxygens (including phenoxy) is 1. The number of amides is 1. The van der Waals surface area contributed by atoms with Crippen molar-refractivity contribution in [3.63, 3.8) is 0 Å². The number of aliphatic hydroxyl groups excluding tert-OH is 2. The van der Waals surface area contributed by atoms with E-state index in [1.54, 1.807) is 0 Å². The Balaban J connectivity index is 3.36. The monoisotopic (exact) mass is 1040 g/mol. The Kier molecular flexibility index (Phi) is 62.4. The summed E-state index contributed by atoms with van der Waals surface area (Å²) in [5.41, 5.74) is 0. The molecule has 74 heavy (non-hydrogen) atoms. The van der Waals surface area contributed by atoms with E-state index in [0.717, 1.165) is 51.4 Å². The van der Waals surface area contributed by atoms with Gasteiger partial charge in [0.25, 0.3) is 0 Å². The third-order valence-electron chi connectivity index (χ3n) is 15.8. The van der Waals surface area contributed by atoms with Crippen LogP contribution in [0.3, 0.4) is 0 Å². The molecule has 438 valence electrons. The van der Waals surface area contributed by atoms with Crippen LogP contribution in [-0.4, -0.2) is 47.4 Å². The molecule has 3 N–H and O–H groups in total. The van der Waals surface area contributed by atoms with Gasteiger partial charge in [-0.15, -0.1) is 0 Å². The van der Waals surface area contributed by atoms with Gasteiger partial charge in [-0.1, -0.05) is 327 Å². The average Bonchev–Trinajstić information content (AvgIpc) is 3.40. The highest BCUT2D eigenvalue weighted by molar-refractivity contribution is 5.76. The second-order valence-corrected chi connectivity index (χ2v) is 23.2. The van der Waals surface area contributed by atoms with Crippen molar-refractivity contribution in [1.29, 1.82) is 0 Å². The molecule has 0 aromatic heterocycles. The quantitative estimate of drug-likeness (QED) is 0.0320.